The highest BCUT2D eigenvalue weighted by Crippen LogP contribution is 2.17. The van der Waals surface area contributed by atoms with E-state index < -0.39 is 0 Å². The van der Waals surface area contributed by atoms with Crippen LogP contribution in [0.1, 0.15) is 28.4 Å². The maximum absolute atomic E-state index is 12.0. The molecular formula is C18H19N3O2. The number of hydrogen-bond donors (Lipinski definition) is 2. The molecule has 2 aromatic rings. The first-order valence-electron chi connectivity index (χ1n) is 7.38. The zero-order valence-electron chi connectivity index (χ0n) is 13.2. The molecule has 1 heterocycles. The third-order valence-electron chi connectivity index (χ3n) is 3.23. The fourth-order valence-electron chi connectivity index (χ4n) is 1.98. The summed E-state index contributed by atoms with van der Waals surface area (Å²) in [6.45, 7) is 4.30. The maximum Gasteiger partial charge on any atom is 0.251 e. The minimum Gasteiger partial charge on any atom is -0.352 e. The van der Waals surface area contributed by atoms with Gasteiger partial charge in [0.25, 0.3) is 5.91 Å². The van der Waals surface area contributed by atoms with Crippen molar-refractivity contribution in [2.24, 2.45) is 0 Å². The Hall–Kier alpha value is -2.95. The summed E-state index contributed by atoms with van der Waals surface area (Å²) in [7, 11) is 0. The number of carbonyl (C=O) groups excluding carboxylic acids is 2. The van der Waals surface area contributed by atoms with Gasteiger partial charge in [-0.3, -0.25) is 14.6 Å². The molecule has 0 aliphatic carbocycles. The Labute approximate surface area is 135 Å². The lowest BCUT2D eigenvalue weighted by Crippen LogP contribution is -2.23. The highest BCUT2D eigenvalue weighted by atomic mass is 16.2. The van der Waals surface area contributed by atoms with Gasteiger partial charge in [0.2, 0.25) is 5.91 Å². The third-order valence-corrected chi connectivity index (χ3v) is 3.23. The van der Waals surface area contributed by atoms with E-state index in [1.807, 2.05) is 32.0 Å². The highest BCUT2D eigenvalue weighted by Gasteiger charge is 2.08. The number of rotatable bonds is 5. The molecule has 2 N–H and O–H groups in total. The van der Waals surface area contributed by atoms with E-state index >= 15 is 0 Å². The van der Waals surface area contributed by atoms with Crippen LogP contribution >= 0.6 is 0 Å². The van der Waals surface area contributed by atoms with Gasteiger partial charge < -0.3 is 10.6 Å². The Morgan fingerprint density at radius 1 is 1.17 bits per heavy atom. The summed E-state index contributed by atoms with van der Waals surface area (Å²) in [6.07, 6.45) is 6.49. The van der Waals surface area contributed by atoms with Crippen LogP contribution in [0.25, 0.3) is 6.08 Å². The second kappa shape index (κ2) is 7.89. The fourth-order valence-corrected chi connectivity index (χ4v) is 1.98. The van der Waals surface area contributed by atoms with Gasteiger partial charge in [-0.2, -0.15) is 0 Å². The molecule has 5 nitrogen and oxygen atoms in total. The van der Waals surface area contributed by atoms with E-state index in [4.69, 9.17) is 0 Å². The number of aryl methyl sites for hydroxylation is 1. The molecule has 0 unspecified atom stereocenters. The van der Waals surface area contributed by atoms with Gasteiger partial charge in [-0.15, -0.1) is 0 Å². The van der Waals surface area contributed by atoms with E-state index in [0.717, 1.165) is 11.1 Å². The number of hydrogen-bond acceptors (Lipinski definition) is 3. The smallest absolute Gasteiger partial charge is 0.251 e. The minimum atomic E-state index is -0.252. The van der Waals surface area contributed by atoms with Crippen LogP contribution < -0.4 is 10.6 Å². The summed E-state index contributed by atoms with van der Waals surface area (Å²) in [5.41, 5.74) is 2.93. The largest absolute Gasteiger partial charge is 0.352 e. The molecule has 2 rings (SSSR count). The maximum atomic E-state index is 12.0. The molecule has 0 spiro atoms. The first-order chi connectivity index (χ1) is 11.1. The number of pyridine rings is 1. The zero-order valence-corrected chi connectivity index (χ0v) is 13.2. The van der Waals surface area contributed by atoms with Gasteiger partial charge >= 0.3 is 0 Å². The van der Waals surface area contributed by atoms with E-state index in [1.54, 1.807) is 30.6 Å². The topological polar surface area (TPSA) is 71.1 Å². The summed E-state index contributed by atoms with van der Waals surface area (Å²) in [6, 6.07) is 8.85. The molecular weight excluding hydrogens is 290 g/mol. The SMILES string of the molecule is CCNC(=O)c1ccc(C)c(NC(=O)/C=C/c2ccncc2)c1. The molecule has 0 bridgehead atoms. The highest BCUT2D eigenvalue weighted by molar-refractivity contribution is 6.03. The Morgan fingerprint density at radius 3 is 2.61 bits per heavy atom. The van der Waals surface area contributed by atoms with E-state index in [-0.39, 0.29) is 11.8 Å². The summed E-state index contributed by atoms with van der Waals surface area (Å²) in [5.74, 6) is -0.409. The van der Waals surface area contributed by atoms with Crippen LogP contribution in [0.3, 0.4) is 0 Å². The molecule has 2 amide bonds. The molecule has 5 heteroatoms. The number of anilines is 1. The Balaban J connectivity index is 2.09. The van der Waals surface area contributed by atoms with Crippen molar-refractivity contribution in [3.63, 3.8) is 0 Å². The van der Waals surface area contributed by atoms with Crippen LogP contribution in [0, 0.1) is 6.92 Å². The van der Waals surface area contributed by atoms with Crippen molar-refractivity contribution in [2.75, 3.05) is 11.9 Å². The van der Waals surface area contributed by atoms with Crippen LogP contribution in [0.2, 0.25) is 0 Å². The van der Waals surface area contributed by atoms with Crippen LogP contribution in [0.15, 0.2) is 48.8 Å². The number of nitrogens with one attached hydrogen (secondary N) is 2. The predicted molar refractivity (Wildman–Crippen MR) is 91.1 cm³/mol. The van der Waals surface area contributed by atoms with E-state index in [9.17, 15) is 9.59 Å². The minimum absolute atomic E-state index is 0.157. The molecule has 0 atom stereocenters. The lowest BCUT2D eigenvalue weighted by atomic mass is 10.1. The van der Waals surface area contributed by atoms with Gasteiger partial charge in [0.05, 0.1) is 0 Å². The lowest BCUT2D eigenvalue weighted by molar-refractivity contribution is -0.111. The molecule has 0 aliphatic heterocycles. The van der Waals surface area contributed by atoms with Gasteiger partial charge in [-0.1, -0.05) is 6.07 Å². The lowest BCUT2D eigenvalue weighted by Gasteiger charge is -2.09. The predicted octanol–water partition coefficient (Wildman–Crippen LogP) is 2.79. The zero-order chi connectivity index (χ0) is 16.7. The first-order valence-corrected chi connectivity index (χ1v) is 7.38. The standard InChI is InChI=1S/C18H19N3O2/c1-3-20-18(23)15-6-4-13(2)16(12-15)21-17(22)7-5-14-8-10-19-11-9-14/h4-12H,3H2,1-2H3,(H,20,23)(H,21,22)/b7-5+. The van der Waals surface area contributed by atoms with Crippen LogP contribution in [0.4, 0.5) is 5.69 Å². The van der Waals surface area contributed by atoms with Crippen molar-refractivity contribution < 1.29 is 9.59 Å². The number of benzene rings is 1. The van der Waals surface area contributed by atoms with Crippen LogP contribution in [-0.2, 0) is 4.79 Å². The van der Waals surface area contributed by atoms with Crippen LogP contribution in [0.5, 0.6) is 0 Å². The average molecular weight is 309 g/mol. The van der Waals surface area contributed by atoms with Gasteiger partial charge in [-0.05, 0) is 55.3 Å². The number of nitrogens with zero attached hydrogens (tertiary/aromatic N) is 1. The first kappa shape index (κ1) is 16.4. The summed E-state index contributed by atoms with van der Waals surface area (Å²) < 4.78 is 0. The van der Waals surface area contributed by atoms with Crippen molar-refractivity contribution in [3.05, 3.63) is 65.5 Å². The number of aromatic nitrogens is 1. The van der Waals surface area contributed by atoms with Crippen molar-refractivity contribution >= 4 is 23.6 Å². The van der Waals surface area contributed by atoms with Gasteiger partial charge in [-0.25, -0.2) is 0 Å². The number of amides is 2. The molecule has 0 fully saturated rings. The summed E-state index contributed by atoms with van der Waals surface area (Å²) in [4.78, 5) is 27.8. The molecule has 0 saturated carbocycles. The molecule has 118 valence electrons. The van der Waals surface area contributed by atoms with Crippen molar-refractivity contribution in [3.8, 4) is 0 Å². The van der Waals surface area contributed by atoms with Crippen molar-refractivity contribution in [1.29, 1.82) is 0 Å². The average Bonchev–Trinajstić information content (AvgIpc) is 2.56. The van der Waals surface area contributed by atoms with Gasteiger partial charge in [0.15, 0.2) is 0 Å². The third kappa shape index (κ3) is 4.78. The molecule has 1 aromatic carbocycles. The Bertz CT molecular complexity index is 724. The second-order valence-electron chi connectivity index (χ2n) is 4.99. The summed E-state index contributed by atoms with van der Waals surface area (Å²) in [5, 5.41) is 5.53. The summed E-state index contributed by atoms with van der Waals surface area (Å²) >= 11 is 0. The van der Waals surface area contributed by atoms with Crippen molar-refractivity contribution in [1.82, 2.24) is 10.3 Å². The molecule has 1 aromatic heterocycles. The van der Waals surface area contributed by atoms with Crippen LogP contribution in [-0.4, -0.2) is 23.3 Å². The normalized spacial score (nSPS) is 10.5. The Morgan fingerprint density at radius 2 is 1.91 bits per heavy atom. The molecule has 0 aliphatic rings. The van der Waals surface area contributed by atoms with E-state index in [0.29, 0.717) is 17.8 Å². The van der Waals surface area contributed by atoms with E-state index in [2.05, 4.69) is 15.6 Å². The quantitative estimate of drug-likeness (QED) is 0.834. The Kier molecular flexibility index (Phi) is 5.63. The fraction of sp³-hybridized carbons (Fsp3) is 0.167. The molecule has 0 saturated heterocycles. The monoisotopic (exact) mass is 309 g/mol. The molecule has 0 radical (unpaired) electrons. The second-order valence-corrected chi connectivity index (χ2v) is 4.99. The van der Waals surface area contributed by atoms with E-state index in [1.165, 1.54) is 6.08 Å². The van der Waals surface area contributed by atoms with Gasteiger partial charge in [0, 0.05) is 36.3 Å². The number of carbonyl (C=O) groups is 2. The van der Waals surface area contributed by atoms with Gasteiger partial charge in [0.1, 0.15) is 0 Å². The molecule has 23 heavy (non-hydrogen) atoms. The van der Waals surface area contributed by atoms with Crippen molar-refractivity contribution in [2.45, 2.75) is 13.8 Å².